The van der Waals surface area contributed by atoms with E-state index in [0.29, 0.717) is 5.69 Å². The van der Waals surface area contributed by atoms with Crippen molar-refractivity contribution in [2.75, 3.05) is 11.9 Å². The number of carbonyl (C=O) groups excluding carboxylic acids is 2. The van der Waals surface area contributed by atoms with Gasteiger partial charge in [0.05, 0.1) is 18.2 Å². The Kier molecular flexibility index (Phi) is 3.25. The van der Waals surface area contributed by atoms with Gasteiger partial charge < -0.3 is 10.6 Å². The van der Waals surface area contributed by atoms with Crippen LogP contribution in [0.3, 0.4) is 0 Å². The van der Waals surface area contributed by atoms with Gasteiger partial charge in [-0.15, -0.1) is 4.40 Å². The molecule has 1 aliphatic heterocycles. The number of hydrogen-bond acceptors (Lipinski definition) is 5. The van der Waals surface area contributed by atoms with Crippen molar-refractivity contribution in [2.45, 2.75) is 17.7 Å². The van der Waals surface area contributed by atoms with Crippen molar-refractivity contribution in [2.24, 2.45) is 10.3 Å². The molecular formula is C13H13N3O4S. The molecule has 8 heteroatoms. The number of amidine groups is 1. The molecule has 0 atom stereocenters. The predicted octanol–water partition coefficient (Wildman–Crippen LogP) is 0.295. The van der Waals surface area contributed by atoms with Crippen molar-refractivity contribution < 1.29 is 18.0 Å². The fourth-order valence-corrected chi connectivity index (χ4v) is 3.38. The number of nitrogens with one attached hydrogen (secondary N) is 2. The quantitative estimate of drug-likeness (QED) is 0.835. The summed E-state index contributed by atoms with van der Waals surface area (Å²) < 4.78 is 27.6. The molecule has 0 saturated heterocycles. The average Bonchev–Trinajstić information content (AvgIpc) is 2.41. The zero-order valence-electron chi connectivity index (χ0n) is 11.0. The maximum atomic E-state index is 12.0. The highest BCUT2D eigenvalue weighted by molar-refractivity contribution is 7.90. The van der Waals surface area contributed by atoms with Crippen LogP contribution in [0.15, 0.2) is 33.6 Å². The van der Waals surface area contributed by atoms with Crippen molar-refractivity contribution in [3.63, 3.8) is 0 Å². The molecule has 1 amide bonds. The smallest absolute Gasteiger partial charge is 0.286 e. The van der Waals surface area contributed by atoms with E-state index in [1.807, 2.05) is 0 Å². The highest BCUT2D eigenvalue weighted by Gasteiger charge is 2.33. The molecule has 110 valence electrons. The molecular weight excluding hydrogens is 294 g/mol. The molecule has 2 N–H and O–H groups in total. The summed E-state index contributed by atoms with van der Waals surface area (Å²) in [6.45, 7) is -0.0168. The number of para-hydroxylation sites is 1. The van der Waals surface area contributed by atoms with Gasteiger partial charge in [0.1, 0.15) is 16.5 Å². The van der Waals surface area contributed by atoms with Gasteiger partial charge in [-0.2, -0.15) is 8.42 Å². The van der Waals surface area contributed by atoms with E-state index in [1.54, 1.807) is 18.2 Å². The Morgan fingerprint density at radius 1 is 1.33 bits per heavy atom. The minimum absolute atomic E-state index is 0.0168. The number of fused-ring (bicyclic) bond motifs is 1. The van der Waals surface area contributed by atoms with Gasteiger partial charge in [0.15, 0.2) is 0 Å². The van der Waals surface area contributed by atoms with E-state index >= 15 is 0 Å². The molecule has 1 aromatic rings. The number of ketones is 1. The first kappa shape index (κ1) is 13.7. The van der Waals surface area contributed by atoms with Crippen LogP contribution in [0.4, 0.5) is 5.69 Å². The zero-order valence-corrected chi connectivity index (χ0v) is 11.8. The van der Waals surface area contributed by atoms with Crippen molar-refractivity contribution >= 4 is 33.2 Å². The normalized spacial score (nSPS) is 19.8. The summed E-state index contributed by atoms with van der Waals surface area (Å²) >= 11 is 0. The van der Waals surface area contributed by atoms with Crippen LogP contribution in [0, 0.1) is 5.92 Å². The topological polar surface area (TPSA) is 105 Å². The Hall–Kier alpha value is -2.22. The number of benzene rings is 1. The maximum absolute atomic E-state index is 12.0. The van der Waals surface area contributed by atoms with E-state index in [0.717, 1.165) is 0 Å². The Bertz CT molecular complexity index is 746. The lowest BCUT2D eigenvalue weighted by atomic mass is 9.83. The van der Waals surface area contributed by atoms with Crippen LogP contribution in [-0.4, -0.2) is 32.5 Å². The van der Waals surface area contributed by atoms with E-state index in [1.165, 1.54) is 6.07 Å². The van der Waals surface area contributed by atoms with Gasteiger partial charge in [0.2, 0.25) is 5.91 Å². The summed E-state index contributed by atoms with van der Waals surface area (Å²) in [5, 5.41) is 5.48. The molecule has 1 saturated carbocycles. The number of amides is 1. The minimum atomic E-state index is -3.74. The highest BCUT2D eigenvalue weighted by atomic mass is 32.2. The molecule has 21 heavy (non-hydrogen) atoms. The van der Waals surface area contributed by atoms with Gasteiger partial charge >= 0.3 is 0 Å². The van der Waals surface area contributed by atoms with Crippen LogP contribution in [0.2, 0.25) is 0 Å². The van der Waals surface area contributed by atoms with Gasteiger partial charge in [-0.1, -0.05) is 12.1 Å². The molecule has 0 radical (unpaired) electrons. The summed E-state index contributed by atoms with van der Waals surface area (Å²) in [5.41, 5.74) is 0.440. The second-order valence-electron chi connectivity index (χ2n) is 5.00. The molecule has 1 heterocycles. The fraction of sp³-hybridized carbons (Fsp3) is 0.308. The van der Waals surface area contributed by atoms with Crippen LogP contribution >= 0.6 is 0 Å². The van der Waals surface area contributed by atoms with E-state index in [2.05, 4.69) is 15.0 Å². The number of rotatable bonds is 3. The number of Topliss-reactive ketones (excluding diaryl/α,β-unsaturated/α-hetero) is 1. The van der Waals surface area contributed by atoms with E-state index in [-0.39, 0.29) is 47.7 Å². The summed E-state index contributed by atoms with van der Waals surface area (Å²) in [6, 6.07) is 6.43. The van der Waals surface area contributed by atoms with Gasteiger partial charge in [-0.25, -0.2) is 0 Å². The van der Waals surface area contributed by atoms with Crippen LogP contribution < -0.4 is 10.6 Å². The van der Waals surface area contributed by atoms with Gasteiger partial charge in [0.25, 0.3) is 10.0 Å². The van der Waals surface area contributed by atoms with Crippen LogP contribution in [0.5, 0.6) is 0 Å². The lowest BCUT2D eigenvalue weighted by Crippen LogP contribution is -2.42. The Morgan fingerprint density at radius 3 is 2.76 bits per heavy atom. The molecule has 2 aliphatic rings. The van der Waals surface area contributed by atoms with E-state index in [4.69, 9.17) is 0 Å². The first-order valence-corrected chi connectivity index (χ1v) is 7.89. The summed E-state index contributed by atoms with van der Waals surface area (Å²) in [7, 11) is -3.74. The Balaban J connectivity index is 1.69. The standard InChI is InChI=1S/C13H13N3O4S/c17-9-5-8(6-9)13(18)14-7-12-15-10-3-1-2-4-11(10)21(19,20)16-12/h1-4,8H,5-7H2,(H,14,18)(H,15,16). The highest BCUT2D eigenvalue weighted by Crippen LogP contribution is 2.26. The molecule has 1 aromatic carbocycles. The number of anilines is 1. The second-order valence-corrected chi connectivity index (χ2v) is 6.57. The number of nitrogens with zero attached hydrogens (tertiary/aromatic N) is 1. The van der Waals surface area contributed by atoms with Gasteiger partial charge in [-0.3, -0.25) is 9.59 Å². The first-order chi connectivity index (χ1) is 9.95. The minimum Gasteiger partial charge on any atom is -0.349 e. The van der Waals surface area contributed by atoms with Gasteiger partial charge in [-0.05, 0) is 12.1 Å². The largest absolute Gasteiger partial charge is 0.349 e. The number of sulfonamides is 1. The van der Waals surface area contributed by atoms with Gasteiger partial charge in [0, 0.05) is 12.8 Å². The molecule has 1 aliphatic carbocycles. The predicted molar refractivity (Wildman–Crippen MR) is 75.4 cm³/mol. The van der Waals surface area contributed by atoms with E-state index < -0.39 is 10.0 Å². The molecule has 0 unspecified atom stereocenters. The van der Waals surface area contributed by atoms with Crippen molar-refractivity contribution in [1.82, 2.24) is 5.32 Å². The van der Waals surface area contributed by atoms with E-state index in [9.17, 15) is 18.0 Å². The van der Waals surface area contributed by atoms with Crippen molar-refractivity contribution in [1.29, 1.82) is 0 Å². The molecule has 1 fully saturated rings. The molecule has 3 rings (SSSR count). The van der Waals surface area contributed by atoms with Crippen molar-refractivity contribution in [3.05, 3.63) is 24.3 Å². The summed E-state index contributed by atoms with van der Waals surface area (Å²) in [5.74, 6) is -0.326. The third-order valence-corrected chi connectivity index (χ3v) is 4.80. The number of carbonyl (C=O) groups is 2. The zero-order chi connectivity index (χ0) is 15.0. The SMILES string of the molecule is O=C1CC(C(=O)NCC2=NS(=O)(=O)c3ccccc3N2)C1. The van der Waals surface area contributed by atoms with Crippen LogP contribution in [-0.2, 0) is 19.6 Å². The lowest BCUT2D eigenvalue weighted by Gasteiger charge is -2.24. The lowest BCUT2D eigenvalue weighted by molar-refractivity contribution is -0.137. The molecule has 0 bridgehead atoms. The molecule has 0 aromatic heterocycles. The Morgan fingerprint density at radius 2 is 2.05 bits per heavy atom. The fourth-order valence-electron chi connectivity index (χ4n) is 2.23. The average molecular weight is 307 g/mol. The maximum Gasteiger partial charge on any atom is 0.286 e. The molecule has 7 nitrogen and oxygen atoms in total. The summed E-state index contributed by atoms with van der Waals surface area (Å²) in [6.07, 6.45) is 0.514. The Labute approximate surface area is 121 Å². The van der Waals surface area contributed by atoms with Crippen molar-refractivity contribution in [3.8, 4) is 0 Å². The third kappa shape index (κ3) is 2.66. The summed E-state index contributed by atoms with van der Waals surface area (Å²) in [4.78, 5) is 22.7. The monoisotopic (exact) mass is 307 g/mol. The second kappa shape index (κ2) is 4.96. The third-order valence-electron chi connectivity index (χ3n) is 3.42. The van der Waals surface area contributed by atoms with Crippen LogP contribution in [0.25, 0.3) is 0 Å². The first-order valence-electron chi connectivity index (χ1n) is 6.45. The van der Waals surface area contributed by atoms with Crippen LogP contribution in [0.1, 0.15) is 12.8 Å². The number of hydrogen-bond donors (Lipinski definition) is 2. The molecule has 0 spiro atoms.